The number of rotatable bonds is 3. The lowest BCUT2D eigenvalue weighted by molar-refractivity contribution is 0.233. The molecule has 0 spiro atoms. The maximum absolute atomic E-state index is 12.5. The SMILES string of the molecule is Cc1ccc(S(=O)c2ccccc2[C@H](O)C#N)cc1. The van der Waals surface area contributed by atoms with E-state index in [4.69, 9.17) is 5.26 Å². The molecule has 0 aliphatic carbocycles. The fraction of sp³-hybridized carbons (Fsp3) is 0.133. The summed E-state index contributed by atoms with van der Waals surface area (Å²) < 4.78 is 12.5. The topological polar surface area (TPSA) is 61.1 Å². The predicted octanol–water partition coefficient (Wildman–Crippen LogP) is 2.72. The minimum absolute atomic E-state index is 0.393. The molecule has 0 saturated heterocycles. The summed E-state index contributed by atoms with van der Waals surface area (Å²) >= 11 is 0. The van der Waals surface area contributed by atoms with Crippen LogP contribution in [-0.4, -0.2) is 9.32 Å². The van der Waals surface area contributed by atoms with Crippen LogP contribution in [0.25, 0.3) is 0 Å². The van der Waals surface area contributed by atoms with Crippen molar-refractivity contribution in [3.05, 3.63) is 59.7 Å². The first-order valence-electron chi connectivity index (χ1n) is 5.78. The summed E-state index contributed by atoms with van der Waals surface area (Å²) in [6, 6.07) is 15.9. The van der Waals surface area contributed by atoms with Crippen molar-refractivity contribution in [2.45, 2.75) is 22.8 Å². The van der Waals surface area contributed by atoms with Crippen LogP contribution in [0.2, 0.25) is 0 Å². The Morgan fingerprint density at radius 1 is 1.16 bits per heavy atom. The summed E-state index contributed by atoms with van der Waals surface area (Å²) in [5, 5.41) is 18.5. The molecule has 2 aromatic rings. The summed E-state index contributed by atoms with van der Waals surface area (Å²) in [5.74, 6) is 0. The van der Waals surface area contributed by atoms with E-state index in [0.717, 1.165) is 5.56 Å². The monoisotopic (exact) mass is 271 g/mol. The molecule has 4 heteroatoms. The van der Waals surface area contributed by atoms with Crippen LogP contribution in [0, 0.1) is 18.3 Å². The van der Waals surface area contributed by atoms with Crippen molar-refractivity contribution in [1.29, 1.82) is 5.26 Å². The molecule has 0 saturated carbocycles. The van der Waals surface area contributed by atoms with Gasteiger partial charge < -0.3 is 5.11 Å². The van der Waals surface area contributed by atoms with Crippen LogP contribution < -0.4 is 0 Å². The third-order valence-electron chi connectivity index (χ3n) is 2.77. The fourth-order valence-corrected chi connectivity index (χ4v) is 2.97. The van der Waals surface area contributed by atoms with Gasteiger partial charge in [0.2, 0.25) is 0 Å². The number of hydrogen-bond donors (Lipinski definition) is 1. The second-order valence-electron chi connectivity index (χ2n) is 4.15. The third kappa shape index (κ3) is 2.90. The lowest BCUT2D eigenvalue weighted by atomic mass is 10.1. The van der Waals surface area contributed by atoms with Gasteiger partial charge in [0.25, 0.3) is 0 Å². The van der Waals surface area contributed by atoms with Gasteiger partial charge in [0, 0.05) is 10.5 Å². The average Bonchev–Trinajstić information content (AvgIpc) is 2.46. The van der Waals surface area contributed by atoms with Crippen molar-refractivity contribution in [3.8, 4) is 6.07 Å². The van der Waals surface area contributed by atoms with E-state index in [1.807, 2.05) is 19.1 Å². The maximum atomic E-state index is 12.5. The minimum Gasteiger partial charge on any atom is -0.374 e. The number of nitrogens with zero attached hydrogens (tertiary/aromatic N) is 1. The molecule has 0 bridgehead atoms. The number of aliphatic hydroxyl groups excluding tert-OH is 1. The zero-order valence-corrected chi connectivity index (χ0v) is 11.2. The summed E-state index contributed by atoms with van der Waals surface area (Å²) in [6.07, 6.45) is -1.26. The molecule has 1 N–H and O–H groups in total. The Morgan fingerprint density at radius 3 is 2.42 bits per heavy atom. The molecule has 0 aliphatic heterocycles. The molecule has 0 aliphatic rings. The fourth-order valence-electron chi connectivity index (χ4n) is 1.73. The highest BCUT2D eigenvalue weighted by atomic mass is 32.2. The van der Waals surface area contributed by atoms with E-state index in [-0.39, 0.29) is 0 Å². The van der Waals surface area contributed by atoms with E-state index in [9.17, 15) is 9.32 Å². The molecule has 2 atom stereocenters. The zero-order valence-electron chi connectivity index (χ0n) is 10.4. The molecule has 3 nitrogen and oxygen atoms in total. The van der Waals surface area contributed by atoms with E-state index in [2.05, 4.69) is 0 Å². The van der Waals surface area contributed by atoms with E-state index in [1.54, 1.807) is 42.5 Å². The standard InChI is InChI=1S/C15H13NO2S/c1-11-6-8-12(9-7-11)19(18)15-5-3-2-4-13(15)14(17)10-16/h2-9,14,17H,1H3/t14-,19?/m1/s1. The van der Waals surface area contributed by atoms with E-state index < -0.39 is 16.9 Å². The molecule has 0 radical (unpaired) electrons. The Balaban J connectivity index is 2.45. The first-order chi connectivity index (χ1) is 9.13. The number of aliphatic hydroxyl groups is 1. The van der Waals surface area contributed by atoms with Gasteiger partial charge in [0.05, 0.1) is 21.8 Å². The Hall–Kier alpha value is -1.96. The first-order valence-corrected chi connectivity index (χ1v) is 6.93. The number of aryl methyl sites for hydroxylation is 1. The third-order valence-corrected chi connectivity index (χ3v) is 4.24. The molecule has 2 rings (SSSR count). The van der Waals surface area contributed by atoms with E-state index in [0.29, 0.717) is 15.4 Å². The van der Waals surface area contributed by atoms with Crippen LogP contribution in [0.3, 0.4) is 0 Å². The second-order valence-corrected chi connectivity index (χ2v) is 5.60. The Kier molecular flexibility index (Phi) is 4.10. The van der Waals surface area contributed by atoms with Crippen LogP contribution in [0.15, 0.2) is 58.3 Å². The highest BCUT2D eigenvalue weighted by molar-refractivity contribution is 7.85. The second kappa shape index (κ2) is 5.79. The quantitative estimate of drug-likeness (QED) is 0.873. The maximum Gasteiger partial charge on any atom is 0.167 e. The normalized spacial score (nSPS) is 13.5. The van der Waals surface area contributed by atoms with Crippen LogP contribution in [0.1, 0.15) is 17.2 Å². The highest BCUT2D eigenvalue weighted by Gasteiger charge is 2.16. The van der Waals surface area contributed by atoms with Gasteiger partial charge >= 0.3 is 0 Å². The molecular weight excluding hydrogens is 258 g/mol. The van der Waals surface area contributed by atoms with Gasteiger partial charge in [-0.3, -0.25) is 0 Å². The van der Waals surface area contributed by atoms with Gasteiger partial charge in [-0.15, -0.1) is 0 Å². The van der Waals surface area contributed by atoms with Crippen LogP contribution in [0.5, 0.6) is 0 Å². The van der Waals surface area contributed by atoms with Gasteiger partial charge in [0.1, 0.15) is 0 Å². The predicted molar refractivity (Wildman–Crippen MR) is 72.9 cm³/mol. The molecule has 0 fully saturated rings. The van der Waals surface area contributed by atoms with E-state index >= 15 is 0 Å². The van der Waals surface area contributed by atoms with Gasteiger partial charge in [0.15, 0.2) is 6.10 Å². The lowest BCUT2D eigenvalue weighted by Gasteiger charge is -2.10. The average molecular weight is 271 g/mol. The minimum atomic E-state index is -1.40. The van der Waals surface area contributed by atoms with Gasteiger partial charge in [-0.05, 0) is 25.1 Å². The van der Waals surface area contributed by atoms with Crippen molar-refractivity contribution in [3.63, 3.8) is 0 Å². The van der Waals surface area contributed by atoms with Crippen LogP contribution in [-0.2, 0) is 10.8 Å². The summed E-state index contributed by atoms with van der Waals surface area (Å²) in [6.45, 7) is 1.96. The van der Waals surface area contributed by atoms with Crippen molar-refractivity contribution >= 4 is 10.8 Å². The largest absolute Gasteiger partial charge is 0.374 e. The molecule has 96 valence electrons. The van der Waals surface area contributed by atoms with Gasteiger partial charge in [-0.2, -0.15) is 5.26 Å². The molecule has 0 aromatic heterocycles. The molecule has 0 amide bonds. The molecule has 1 unspecified atom stereocenters. The number of benzene rings is 2. The van der Waals surface area contributed by atoms with Crippen LogP contribution >= 0.6 is 0 Å². The summed E-state index contributed by atoms with van der Waals surface area (Å²) in [5.41, 5.74) is 1.48. The smallest absolute Gasteiger partial charge is 0.167 e. The Labute approximate surface area is 114 Å². The highest BCUT2D eigenvalue weighted by Crippen LogP contribution is 2.24. The zero-order chi connectivity index (χ0) is 13.8. The van der Waals surface area contributed by atoms with Crippen molar-refractivity contribution in [2.75, 3.05) is 0 Å². The number of hydrogen-bond acceptors (Lipinski definition) is 3. The molecular formula is C15H13NO2S. The van der Waals surface area contributed by atoms with Crippen LogP contribution in [0.4, 0.5) is 0 Å². The Bertz CT molecular complexity index is 644. The molecule has 0 heterocycles. The first kappa shape index (κ1) is 13.5. The van der Waals surface area contributed by atoms with E-state index in [1.165, 1.54) is 0 Å². The van der Waals surface area contributed by atoms with Crippen molar-refractivity contribution < 1.29 is 9.32 Å². The number of nitriles is 1. The van der Waals surface area contributed by atoms with Crippen molar-refractivity contribution in [1.82, 2.24) is 0 Å². The Morgan fingerprint density at radius 2 is 1.79 bits per heavy atom. The lowest BCUT2D eigenvalue weighted by Crippen LogP contribution is -2.02. The van der Waals surface area contributed by atoms with Gasteiger partial charge in [-0.25, -0.2) is 4.21 Å². The summed E-state index contributed by atoms with van der Waals surface area (Å²) in [7, 11) is -1.40. The molecule has 19 heavy (non-hydrogen) atoms. The summed E-state index contributed by atoms with van der Waals surface area (Å²) in [4.78, 5) is 1.13. The van der Waals surface area contributed by atoms with Gasteiger partial charge in [-0.1, -0.05) is 35.9 Å². The van der Waals surface area contributed by atoms with Crippen molar-refractivity contribution in [2.24, 2.45) is 0 Å². The molecule has 2 aromatic carbocycles.